The molecule has 0 bridgehead atoms. The number of piperazine rings is 1. The molecule has 4 rings (SSSR count). The van der Waals surface area contributed by atoms with Gasteiger partial charge < -0.3 is 14.2 Å². The van der Waals surface area contributed by atoms with Gasteiger partial charge in [0.25, 0.3) is 5.91 Å². The van der Waals surface area contributed by atoms with Crippen molar-refractivity contribution in [2.75, 3.05) is 32.7 Å². The molecule has 0 spiro atoms. The van der Waals surface area contributed by atoms with E-state index in [0.29, 0.717) is 28.5 Å². The van der Waals surface area contributed by atoms with Gasteiger partial charge in [-0.25, -0.2) is 13.4 Å². The third-order valence-corrected chi connectivity index (χ3v) is 7.45. The molecule has 0 saturated carbocycles. The van der Waals surface area contributed by atoms with Crippen molar-refractivity contribution in [2.45, 2.75) is 24.5 Å². The summed E-state index contributed by atoms with van der Waals surface area (Å²) in [5.74, 6) is 0.599. The third kappa shape index (κ3) is 4.76. The van der Waals surface area contributed by atoms with E-state index in [4.69, 9.17) is 4.42 Å². The van der Waals surface area contributed by atoms with Gasteiger partial charge in [0.1, 0.15) is 11.5 Å². The maximum atomic E-state index is 12.8. The lowest BCUT2D eigenvalue weighted by Crippen LogP contribution is -2.48. The molecule has 1 amide bonds. The Balaban J connectivity index is 1.48. The van der Waals surface area contributed by atoms with Crippen molar-refractivity contribution in [3.63, 3.8) is 0 Å². The number of likely N-dealkylation sites (N-methyl/N-ethyl adjacent to an activating group) is 1. The fourth-order valence-corrected chi connectivity index (χ4v) is 5.15. The molecule has 8 heteroatoms. The van der Waals surface area contributed by atoms with Gasteiger partial charge in [-0.15, -0.1) is 0 Å². The van der Waals surface area contributed by atoms with Gasteiger partial charge in [0, 0.05) is 37.3 Å². The summed E-state index contributed by atoms with van der Waals surface area (Å²) in [6.45, 7) is 8.08. The highest BCUT2D eigenvalue weighted by Gasteiger charge is 2.23. The molecule has 0 atom stereocenters. The van der Waals surface area contributed by atoms with Crippen molar-refractivity contribution >= 4 is 15.7 Å². The van der Waals surface area contributed by atoms with Crippen molar-refractivity contribution in [3.05, 3.63) is 71.6 Å². The number of amides is 1. The minimum absolute atomic E-state index is 0.0190. The lowest BCUT2D eigenvalue weighted by molar-refractivity contribution is 0.0643. The molecule has 1 aliphatic rings. The predicted octanol–water partition coefficient (Wildman–Crippen LogP) is 3.40. The summed E-state index contributed by atoms with van der Waals surface area (Å²) >= 11 is 0. The number of hydrogen-bond acceptors (Lipinski definition) is 6. The van der Waals surface area contributed by atoms with Crippen LogP contribution in [0.3, 0.4) is 0 Å². The van der Waals surface area contributed by atoms with Gasteiger partial charge in [0.05, 0.1) is 10.6 Å². The van der Waals surface area contributed by atoms with Gasteiger partial charge in [-0.2, -0.15) is 0 Å². The van der Waals surface area contributed by atoms with Crippen molar-refractivity contribution in [1.82, 2.24) is 14.8 Å². The molecule has 0 N–H and O–H groups in total. The summed E-state index contributed by atoms with van der Waals surface area (Å²) in [4.78, 5) is 21.7. The summed E-state index contributed by atoms with van der Waals surface area (Å²) in [7, 11) is -3.52. The molecule has 2 heterocycles. The largest absolute Gasteiger partial charge is 0.441 e. The Bertz CT molecular complexity index is 1180. The van der Waals surface area contributed by atoms with Crippen LogP contribution in [0.1, 0.15) is 28.7 Å². The van der Waals surface area contributed by atoms with Crippen LogP contribution in [-0.4, -0.2) is 61.8 Å². The Morgan fingerprint density at radius 1 is 1.00 bits per heavy atom. The normalized spacial score (nSPS) is 15.1. The first-order chi connectivity index (χ1) is 15.4. The number of nitrogens with zero attached hydrogens (tertiary/aromatic N) is 3. The van der Waals surface area contributed by atoms with Crippen LogP contribution in [-0.2, 0) is 15.6 Å². The summed E-state index contributed by atoms with van der Waals surface area (Å²) in [5.41, 5.74) is 1.70. The molecule has 1 fully saturated rings. The molecule has 3 aromatic rings. The van der Waals surface area contributed by atoms with Gasteiger partial charge >= 0.3 is 0 Å². The van der Waals surface area contributed by atoms with E-state index in [-0.39, 0.29) is 16.6 Å². The van der Waals surface area contributed by atoms with Crippen LogP contribution in [0.25, 0.3) is 11.5 Å². The lowest BCUT2D eigenvalue weighted by atomic mass is 10.1. The average Bonchev–Trinajstić information content (AvgIpc) is 3.18. The molecule has 1 aromatic heterocycles. The van der Waals surface area contributed by atoms with E-state index in [1.54, 1.807) is 61.5 Å². The molecular weight excluding hydrogens is 426 g/mol. The number of carbonyl (C=O) groups excluding carboxylic acids is 1. The molecule has 0 radical (unpaired) electrons. The van der Waals surface area contributed by atoms with Crippen LogP contribution < -0.4 is 0 Å². The van der Waals surface area contributed by atoms with Gasteiger partial charge in [0.2, 0.25) is 5.89 Å². The van der Waals surface area contributed by atoms with E-state index in [9.17, 15) is 13.2 Å². The second-order valence-electron chi connectivity index (χ2n) is 7.90. The summed E-state index contributed by atoms with van der Waals surface area (Å²) in [6, 6.07) is 15.4. The van der Waals surface area contributed by atoms with E-state index < -0.39 is 9.84 Å². The maximum absolute atomic E-state index is 12.8. The van der Waals surface area contributed by atoms with Gasteiger partial charge in [-0.05, 0) is 49.9 Å². The molecule has 1 saturated heterocycles. The number of aryl methyl sites for hydroxylation is 1. The third-order valence-electron chi connectivity index (χ3n) is 5.81. The molecule has 0 aliphatic carbocycles. The number of rotatable bonds is 6. The SMILES string of the molecule is CCN1CCN(C(=O)c2ccc(-c3nc(CS(=O)(=O)c4ccccc4)c(C)o3)cc2)CC1. The lowest BCUT2D eigenvalue weighted by Gasteiger charge is -2.34. The smallest absolute Gasteiger partial charge is 0.253 e. The average molecular weight is 454 g/mol. The number of carbonyl (C=O) groups is 1. The van der Waals surface area contributed by atoms with Crippen molar-refractivity contribution in [2.24, 2.45) is 0 Å². The fourth-order valence-electron chi connectivity index (χ4n) is 3.78. The molecule has 32 heavy (non-hydrogen) atoms. The Labute approximate surface area is 188 Å². The van der Waals surface area contributed by atoms with Crippen LogP contribution in [0.5, 0.6) is 0 Å². The minimum atomic E-state index is -3.52. The molecular formula is C24H27N3O4S. The molecule has 0 unspecified atom stereocenters. The topological polar surface area (TPSA) is 83.7 Å². The van der Waals surface area contributed by atoms with Gasteiger partial charge in [-0.1, -0.05) is 25.1 Å². The van der Waals surface area contributed by atoms with E-state index >= 15 is 0 Å². The van der Waals surface area contributed by atoms with Crippen molar-refractivity contribution in [1.29, 1.82) is 0 Å². The van der Waals surface area contributed by atoms with Crippen LogP contribution in [0.15, 0.2) is 63.9 Å². The fraction of sp³-hybridized carbons (Fsp3) is 0.333. The van der Waals surface area contributed by atoms with Crippen LogP contribution >= 0.6 is 0 Å². The van der Waals surface area contributed by atoms with Crippen LogP contribution in [0, 0.1) is 6.92 Å². The second kappa shape index (κ2) is 9.26. The number of hydrogen-bond donors (Lipinski definition) is 0. The number of sulfone groups is 1. The Morgan fingerprint density at radius 2 is 1.66 bits per heavy atom. The van der Waals surface area contributed by atoms with Gasteiger partial charge in [-0.3, -0.25) is 4.79 Å². The van der Waals surface area contributed by atoms with E-state index in [1.807, 2.05) is 4.90 Å². The maximum Gasteiger partial charge on any atom is 0.253 e. The summed E-state index contributed by atoms with van der Waals surface area (Å²) < 4.78 is 31.1. The standard InChI is InChI=1S/C24H27N3O4S/c1-3-26-13-15-27(16-14-26)24(28)20-11-9-19(10-12-20)23-25-22(18(2)31-23)17-32(29,30)21-7-5-4-6-8-21/h4-12H,3,13-17H2,1-2H3. The van der Waals surface area contributed by atoms with Crippen LogP contribution in [0.2, 0.25) is 0 Å². The number of benzene rings is 2. The van der Waals surface area contributed by atoms with Crippen molar-refractivity contribution in [3.8, 4) is 11.5 Å². The second-order valence-corrected chi connectivity index (χ2v) is 9.89. The predicted molar refractivity (Wildman–Crippen MR) is 122 cm³/mol. The minimum Gasteiger partial charge on any atom is -0.441 e. The monoisotopic (exact) mass is 453 g/mol. The zero-order valence-corrected chi connectivity index (χ0v) is 19.1. The first-order valence-corrected chi connectivity index (χ1v) is 12.4. The molecule has 1 aliphatic heterocycles. The zero-order valence-electron chi connectivity index (χ0n) is 18.3. The van der Waals surface area contributed by atoms with Crippen LogP contribution in [0.4, 0.5) is 0 Å². The molecule has 7 nitrogen and oxygen atoms in total. The summed E-state index contributed by atoms with van der Waals surface area (Å²) in [6.07, 6.45) is 0. The Morgan fingerprint density at radius 3 is 2.28 bits per heavy atom. The summed E-state index contributed by atoms with van der Waals surface area (Å²) in [5, 5.41) is 0. The highest BCUT2D eigenvalue weighted by molar-refractivity contribution is 7.90. The molecule has 168 valence electrons. The van der Waals surface area contributed by atoms with E-state index in [0.717, 1.165) is 32.7 Å². The van der Waals surface area contributed by atoms with Crippen molar-refractivity contribution < 1.29 is 17.6 Å². The van der Waals surface area contributed by atoms with Gasteiger partial charge in [0.15, 0.2) is 9.84 Å². The number of oxazole rings is 1. The highest BCUT2D eigenvalue weighted by atomic mass is 32.2. The Kier molecular flexibility index (Phi) is 6.43. The highest BCUT2D eigenvalue weighted by Crippen LogP contribution is 2.25. The first kappa shape index (κ1) is 22.2. The number of aromatic nitrogens is 1. The van der Waals surface area contributed by atoms with E-state index in [2.05, 4.69) is 16.8 Å². The quantitative estimate of drug-likeness (QED) is 0.569. The zero-order chi connectivity index (χ0) is 22.7. The first-order valence-electron chi connectivity index (χ1n) is 10.7. The van der Waals surface area contributed by atoms with E-state index in [1.165, 1.54) is 0 Å². The Hall–Kier alpha value is -2.97. The molecule has 2 aromatic carbocycles.